The third-order valence-electron chi connectivity index (χ3n) is 7.45. The van der Waals surface area contributed by atoms with Crippen molar-refractivity contribution in [3.05, 3.63) is 64.6 Å². The van der Waals surface area contributed by atoms with E-state index < -0.39 is 5.60 Å². The molecule has 1 fully saturated rings. The Balaban J connectivity index is 1.27. The Hall–Kier alpha value is -2.94. The van der Waals surface area contributed by atoms with Gasteiger partial charge in [-0.2, -0.15) is 4.98 Å². The van der Waals surface area contributed by atoms with Crippen LogP contribution in [0.25, 0.3) is 11.2 Å². The van der Waals surface area contributed by atoms with Gasteiger partial charge in [-0.3, -0.25) is 4.79 Å². The quantitative estimate of drug-likeness (QED) is 0.497. The molecule has 2 unspecified atom stereocenters. The molecule has 1 saturated heterocycles. The molecule has 2 aromatic heterocycles. The van der Waals surface area contributed by atoms with E-state index in [2.05, 4.69) is 33.5 Å². The van der Waals surface area contributed by atoms with E-state index in [4.69, 9.17) is 26.1 Å². The summed E-state index contributed by atoms with van der Waals surface area (Å²) in [4.78, 5) is 23.9. The Morgan fingerprint density at radius 2 is 2.00 bits per heavy atom. The van der Waals surface area contributed by atoms with E-state index in [1.807, 2.05) is 38.1 Å². The number of hydrogen-bond acceptors (Lipinski definition) is 6. The maximum atomic E-state index is 11.5. The summed E-state index contributed by atoms with van der Waals surface area (Å²) in [5.41, 5.74) is 1.74. The first-order chi connectivity index (χ1) is 17.6. The summed E-state index contributed by atoms with van der Waals surface area (Å²) in [6, 6.07) is 2.17. The number of H-pyrrole nitrogens is 1. The fraction of sp³-hybridized carbons (Fsp3) is 0.464. The van der Waals surface area contributed by atoms with Crippen molar-refractivity contribution in [1.82, 2.24) is 20.3 Å². The number of nitrogens with zero attached hydrogens (tertiary/aromatic N) is 2. The van der Waals surface area contributed by atoms with Crippen LogP contribution in [0.3, 0.4) is 0 Å². The number of aliphatic hydroxyl groups is 1. The molecule has 2 aliphatic carbocycles. The van der Waals surface area contributed by atoms with Crippen molar-refractivity contribution in [3.63, 3.8) is 0 Å². The zero-order valence-electron chi connectivity index (χ0n) is 21.4. The van der Waals surface area contributed by atoms with Crippen LogP contribution in [0, 0.1) is 5.92 Å². The monoisotopic (exact) mass is 524 g/mol. The molecule has 0 saturated carbocycles. The molecule has 0 bridgehead atoms. The van der Waals surface area contributed by atoms with E-state index in [9.17, 15) is 9.90 Å². The average molecular weight is 525 g/mol. The molecule has 2 atom stereocenters. The van der Waals surface area contributed by atoms with Crippen LogP contribution in [0.5, 0.6) is 6.01 Å². The fourth-order valence-electron chi connectivity index (χ4n) is 5.25. The first kappa shape index (κ1) is 25.7. The number of halogens is 1. The zero-order valence-corrected chi connectivity index (χ0v) is 22.1. The van der Waals surface area contributed by atoms with Crippen molar-refractivity contribution in [2.24, 2.45) is 5.92 Å². The van der Waals surface area contributed by atoms with Gasteiger partial charge < -0.3 is 24.9 Å². The molecule has 0 spiro atoms. The molecule has 3 N–H and O–H groups in total. The molecule has 37 heavy (non-hydrogen) atoms. The number of hydrogen-bond donors (Lipinski definition) is 3. The van der Waals surface area contributed by atoms with Crippen LogP contribution in [-0.2, 0) is 9.53 Å². The van der Waals surface area contributed by atoms with Crippen LogP contribution < -0.4 is 10.1 Å². The van der Waals surface area contributed by atoms with Gasteiger partial charge in [-0.25, -0.2) is 4.98 Å². The second kappa shape index (κ2) is 10.1. The highest BCUT2D eigenvalue weighted by Crippen LogP contribution is 2.37. The zero-order chi connectivity index (χ0) is 26.2. The Bertz CT molecular complexity index is 1320. The number of allylic oxidation sites excluding steroid dienone is 4. The van der Waals surface area contributed by atoms with Gasteiger partial charge in [0, 0.05) is 50.4 Å². The van der Waals surface area contributed by atoms with E-state index in [1.54, 1.807) is 0 Å². The van der Waals surface area contributed by atoms with Crippen molar-refractivity contribution in [1.29, 1.82) is 0 Å². The number of imidazole rings is 1. The Kier molecular flexibility index (Phi) is 7.00. The third-order valence-corrected chi connectivity index (χ3v) is 7.75. The van der Waals surface area contributed by atoms with E-state index >= 15 is 0 Å². The maximum absolute atomic E-state index is 11.5. The molecule has 0 radical (unpaired) electrons. The van der Waals surface area contributed by atoms with Gasteiger partial charge in [0.05, 0.1) is 21.8 Å². The second-order valence-electron chi connectivity index (χ2n) is 10.6. The molecule has 1 aliphatic heterocycles. The summed E-state index contributed by atoms with van der Waals surface area (Å²) >= 11 is 6.62. The van der Waals surface area contributed by atoms with Crippen molar-refractivity contribution in [3.8, 4) is 6.01 Å². The van der Waals surface area contributed by atoms with Crippen LogP contribution in [0.4, 0.5) is 0 Å². The topological polar surface area (TPSA) is 109 Å². The number of carbonyl (C=O) groups excluding carboxylic acids is 1. The lowest BCUT2D eigenvalue weighted by Crippen LogP contribution is -2.47. The van der Waals surface area contributed by atoms with Gasteiger partial charge in [-0.15, -0.1) is 0 Å². The van der Waals surface area contributed by atoms with Gasteiger partial charge in [0.15, 0.2) is 5.65 Å². The summed E-state index contributed by atoms with van der Waals surface area (Å²) in [5.74, 6) is 0.791. The fourth-order valence-corrected chi connectivity index (χ4v) is 5.54. The number of aromatic nitrogens is 3. The number of rotatable bonds is 6. The lowest BCUT2D eigenvalue weighted by molar-refractivity contribution is -0.120. The molecule has 3 heterocycles. The Labute approximate surface area is 221 Å². The number of amides is 1. The Morgan fingerprint density at radius 3 is 2.65 bits per heavy atom. The summed E-state index contributed by atoms with van der Waals surface area (Å²) in [6.45, 7) is 6.70. The van der Waals surface area contributed by atoms with Crippen molar-refractivity contribution >= 4 is 28.7 Å². The average Bonchev–Trinajstić information content (AvgIpc) is 3.24. The minimum atomic E-state index is -0.822. The van der Waals surface area contributed by atoms with E-state index in [-0.39, 0.29) is 23.3 Å². The Morgan fingerprint density at radius 1 is 1.22 bits per heavy atom. The molecule has 3 aliphatic rings. The summed E-state index contributed by atoms with van der Waals surface area (Å²) in [6.07, 6.45) is 14.7. The summed E-state index contributed by atoms with van der Waals surface area (Å²) in [7, 11) is 0. The van der Waals surface area contributed by atoms with Crippen LogP contribution in [0.2, 0.25) is 5.02 Å². The molecule has 8 nitrogen and oxygen atoms in total. The molecule has 9 heteroatoms. The van der Waals surface area contributed by atoms with E-state index in [1.165, 1.54) is 6.92 Å². The first-order valence-corrected chi connectivity index (χ1v) is 13.1. The van der Waals surface area contributed by atoms with Gasteiger partial charge in [-0.05, 0) is 50.5 Å². The van der Waals surface area contributed by atoms with Crippen molar-refractivity contribution in [2.75, 3.05) is 13.2 Å². The molecule has 0 aromatic carbocycles. The second-order valence-corrected chi connectivity index (χ2v) is 11.0. The van der Waals surface area contributed by atoms with Gasteiger partial charge in [0.1, 0.15) is 5.76 Å². The van der Waals surface area contributed by atoms with Crippen LogP contribution in [-0.4, -0.2) is 50.3 Å². The van der Waals surface area contributed by atoms with Crippen molar-refractivity contribution < 1.29 is 19.4 Å². The standard InChI is InChI=1S/C28H33ClN4O4/c1-17(34)33-27(2,3)19-8-10-21(11-9-19)37-26-30-23-16-22(29)24(31-25(23)32-26)18-4-6-20(7-5-18)28(35)12-14-36-15-13-28/h4,6-8,10-11,16,18-19,35H,5,9,12-15H2,1-3H3,(H,33,34)(H,30,31,32). The number of carbonyl (C=O) groups is 1. The molecular weight excluding hydrogens is 492 g/mol. The lowest BCUT2D eigenvalue weighted by atomic mass is 9.81. The van der Waals surface area contributed by atoms with Gasteiger partial charge in [-0.1, -0.05) is 35.9 Å². The molecule has 1 amide bonds. The highest BCUT2D eigenvalue weighted by atomic mass is 35.5. The minimum absolute atomic E-state index is 0.00181. The van der Waals surface area contributed by atoms with Crippen LogP contribution in [0.15, 0.2) is 53.9 Å². The van der Waals surface area contributed by atoms with Crippen molar-refractivity contribution in [2.45, 2.75) is 63.5 Å². The van der Waals surface area contributed by atoms with E-state index in [0.717, 1.165) is 17.7 Å². The molecule has 2 aromatic rings. The number of ether oxygens (including phenoxy) is 2. The predicted molar refractivity (Wildman–Crippen MR) is 142 cm³/mol. The normalized spacial score (nSPS) is 23.5. The lowest BCUT2D eigenvalue weighted by Gasteiger charge is -2.34. The van der Waals surface area contributed by atoms with Crippen LogP contribution >= 0.6 is 11.6 Å². The number of pyridine rings is 1. The van der Waals surface area contributed by atoms with E-state index in [0.29, 0.717) is 60.4 Å². The third kappa shape index (κ3) is 5.51. The van der Waals surface area contributed by atoms with Gasteiger partial charge in [0.2, 0.25) is 5.91 Å². The largest absolute Gasteiger partial charge is 0.426 e. The van der Waals surface area contributed by atoms with Gasteiger partial charge >= 0.3 is 6.01 Å². The minimum Gasteiger partial charge on any atom is -0.426 e. The summed E-state index contributed by atoms with van der Waals surface area (Å²) in [5, 5.41) is 14.5. The molecular formula is C28H33ClN4O4. The molecule has 5 rings (SSSR count). The van der Waals surface area contributed by atoms with Crippen LogP contribution in [0.1, 0.15) is 58.1 Å². The summed E-state index contributed by atoms with van der Waals surface area (Å²) < 4.78 is 11.4. The smallest absolute Gasteiger partial charge is 0.301 e. The SMILES string of the molecule is CC(=O)NC(C)(C)C1C=CC(Oc2nc3nc(C4C=CC(C5(O)CCOCC5)=CC4)c(Cl)cc3[nH]2)=CC1. The van der Waals surface area contributed by atoms with Gasteiger partial charge in [0.25, 0.3) is 0 Å². The highest BCUT2D eigenvalue weighted by Gasteiger charge is 2.34. The number of nitrogens with one attached hydrogen (secondary N) is 2. The number of aromatic amines is 1. The predicted octanol–water partition coefficient (Wildman–Crippen LogP) is 4.88. The maximum Gasteiger partial charge on any atom is 0.301 e. The molecule has 196 valence electrons. The number of fused-ring (bicyclic) bond motifs is 1. The highest BCUT2D eigenvalue weighted by molar-refractivity contribution is 6.31. The first-order valence-electron chi connectivity index (χ1n) is 12.7.